The predicted molar refractivity (Wildman–Crippen MR) is 132 cm³/mol. The first-order valence-corrected chi connectivity index (χ1v) is 13.3. The van der Waals surface area contributed by atoms with Crippen LogP contribution >= 0.6 is 0 Å². The molecule has 1 aromatic rings. The Hall–Kier alpha value is -1.62. The minimum atomic E-state index is 0.521. The lowest BCUT2D eigenvalue weighted by Gasteiger charge is -2.43. The Kier molecular flexibility index (Phi) is 6.46. The molecule has 1 saturated carbocycles. The summed E-state index contributed by atoms with van der Waals surface area (Å²) in [5.74, 6) is 4.58. The molecule has 2 unspecified atom stereocenters. The predicted octanol–water partition coefficient (Wildman–Crippen LogP) is 5.06. The summed E-state index contributed by atoms with van der Waals surface area (Å²) in [6.07, 6.45) is 12.6. The van der Waals surface area contributed by atoms with E-state index in [1.807, 2.05) is 6.20 Å². The van der Waals surface area contributed by atoms with Crippen LogP contribution in [0.1, 0.15) is 83.9 Å². The summed E-state index contributed by atoms with van der Waals surface area (Å²) in [6, 6.07) is 4.10. The number of piperidine rings is 1. The normalized spacial score (nSPS) is 32.0. The number of rotatable bonds is 5. The van der Waals surface area contributed by atoms with Crippen LogP contribution in [0.4, 0.5) is 5.82 Å². The van der Waals surface area contributed by atoms with Gasteiger partial charge >= 0.3 is 0 Å². The highest BCUT2D eigenvalue weighted by atomic mass is 15.4. The SMILES string of the molecule is C=C(C)N1CC2CCC(C1)N2c1ccnc(C2CCN(C3CCC(C(C)C)CC3)CC2)n1. The van der Waals surface area contributed by atoms with Gasteiger partial charge in [-0.3, -0.25) is 0 Å². The second-order valence-electron chi connectivity index (χ2n) is 11.3. The molecular weight excluding hydrogens is 394 g/mol. The molecule has 0 radical (unpaired) electrons. The number of hydrogen-bond donors (Lipinski definition) is 0. The van der Waals surface area contributed by atoms with Crippen molar-refractivity contribution < 1.29 is 0 Å². The Labute approximate surface area is 195 Å². The van der Waals surface area contributed by atoms with Crippen LogP contribution in [0, 0.1) is 11.8 Å². The minimum Gasteiger partial charge on any atom is -0.371 e. The highest BCUT2D eigenvalue weighted by Crippen LogP contribution is 2.37. The van der Waals surface area contributed by atoms with E-state index in [0.29, 0.717) is 18.0 Å². The van der Waals surface area contributed by atoms with E-state index in [1.54, 1.807) is 0 Å². The summed E-state index contributed by atoms with van der Waals surface area (Å²) >= 11 is 0. The molecule has 5 rings (SSSR count). The molecule has 4 fully saturated rings. The lowest BCUT2D eigenvalue weighted by molar-refractivity contribution is 0.0972. The van der Waals surface area contributed by atoms with Crippen LogP contribution in [0.5, 0.6) is 0 Å². The summed E-state index contributed by atoms with van der Waals surface area (Å²) in [7, 11) is 0. The summed E-state index contributed by atoms with van der Waals surface area (Å²) in [4.78, 5) is 17.8. The minimum absolute atomic E-state index is 0.521. The zero-order chi connectivity index (χ0) is 22.2. The molecule has 3 aliphatic heterocycles. The van der Waals surface area contributed by atoms with E-state index in [1.165, 1.54) is 76.0 Å². The highest BCUT2D eigenvalue weighted by Gasteiger charge is 2.41. The third-order valence-electron chi connectivity index (χ3n) is 9.04. The van der Waals surface area contributed by atoms with Gasteiger partial charge in [-0.15, -0.1) is 0 Å². The van der Waals surface area contributed by atoms with E-state index in [-0.39, 0.29) is 0 Å². The molecule has 3 saturated heterocycles. The monoisotopic (exact) mass is 437 g/mol. The van der Waals surface area contributed by atoms with E-state index in [4.69, 9.17) is 9.97 Å². The van der Waals surface area contributed by atoms with Crippen LogP contribution in [0.15, 0.2) is 24.5 Å². The smallest absolute Gasteiger partial charge is 0.133 e. The van der Waals surface area contributed by atoms with Crippen molar-refractivity contribution in [1.82, 2.24) is 19.8 Å². The molecule has 5 heteroatoms. The van der Waals surface area contributed by atoms with Gasteiger partial charge in [0, 0.05) is 49.0 Å². The van der Waals surface area contributed by atoms with E-state index < -0.39 is 0 Å². The summed E-state index contributed by atoms with van der Waals surface area (Å²) in [5.41, 5.74) is 1.20. The summed E-state index contributed by atoms with van der Waals surface area (Å²) in [6.45, 7) is 15.7. The number of nitrogens with zero attached hydrogens (tertiary/aromatic N) is 5. The fourth-order valence-electron chi connectivity index (χ4n) is 6.95. The average molecular weight is 438 g/mol. The maximum atomic E-state index is 5.15. The van der Waals surface area contributed by atoms with Gasteiger partial charge in [-0.25, -0.2) is 9.97 Å². The molecule has 0 aromatic carbocycles. The molecule has 0 N–H and O–H groups in total. The van der Waals surface area contributed by atoms with Crippen LogP contribution in [0.2, 0.25) is 0 Å². The Morgan fingerprint density at radius 3 is 2.16 bits per heavy atom. The fraction of sp³-hybridized carbons (Fsp3) is 0.778. The molecule has 0 amide bonds. The van der Waals surface area contributed by atoms with Gasteiger partial charge in [0.25, 0.3) is 0 Å². The van der Waals surface area contributed by atoms with Gasteiger partial charge in [0.1, 0.15) is 11.6 Å². The van der Waals surface area contributed by atoms with Crippen molar-refractivity contribution in [3.05, 3.63) is 30.4 Å². The second-order valence-corrected chi connectivity index (χ2v) is 11.3. The standard InChI is InChI=1S/C27H43N5/c1-19(2)21-5-7-23(8-6-21)30-15-12-22(13-16-30)27-28-14-11-26(29-27)32-24-9-10-25(32)18-31(17-24)20(3)4/h11,14,19,21-25H,3,5-10,12-13,15-18H2,1-2,4H3. The number of fused-ring (bicyclic) bond motifs is 2. The van der Waals surface area contributed by atoms with Gasteiger partial charge in [-0.1, -0.05) is 20.4 Å². The zero-order valence-corrected chi connectivity index (χ0v) is 20.5. The molecule has 32 heavy (non-hydrogen) atoms. The van der Waals surface area contributed by atoms with Crippen molar-refractivity contribution in [1.29, 1.82) is 0 Å². The van der Waals surface area contributed by atoms with Crippen molar-refractivity contribution >= 4 is 5.82 Å². The van der Waals surface area contributed by atoms with Crippen LogP contribution in [-0.2, 0) is 0 Å². The first-order valence-electron chi connectivity index (χ1n) is 13.3. The van der Waals surface area contributed by atoms with Gasteiger partial charge in [-0.05, 0) is 89.3 Å². The Morgan fingerprint density at radius 2 is 1.56 bits per heavy atom. The van der Waals surface area contributed by atoms with Crippen LogP contribution in [0.25, 0.3) is 0 Å². The number of anilines is 1. The van der Waals surface area contributed by atoms with E-state index >= 15 is 0 Å². The van der Waals surface area contributed by atoms with Gasteiger partial charge in [0.2, 0.25) is 0 Å². The lowest BCUT2D eigenvalue weighted by atomic mass is 9.78. The third kappa shape index (κ3) is 4.42. The van der Waals surface area contributed by atoms with E-state index in [9.17, 15) is 0 Å². The highest BCUT2D eigenvalue weighted by molar-refractivity contribution is 5.44. The van der Waals surface area contributed by atoms with Crippen molar-refractivity contribution in [2.75, 3.05) is 31.1 Å². The maximum absolute atomic E-state index is 5.15. The van der Waals surface area contributed by atoms with Crippen molar-refractivity contribution in [2.45, 2.75) is 96.2 Å². The number of allylic oxidation sites excluding steroid dienone is 1. The molecule has 4 heterocycles. The topological polar surface area (TPSA) is 35.5 Å². The first kappa shape index (κ1) is 22.2. The maximum Gasteiger partial charge on any atom is 0.133 e. The molecule has 176 valence electrons. The van der Waals surface area contributed by atoms with E-state index in [2.05, 4.69) is 48.1 Å². The van der Waals surface area contributed by atoms with Crippen molar-refractivity contribution in [2.24, 2.45) is 11.8 Å². The first-order chi connectivity index (χ1) is 15.5. The average Bonchev–Trinajstić information content (AvgIpc) is 3.08. The Morgan fingerprint density at radius 1 is 0.938 bits per heavy atom. The van der Waals surface area contributed by atoms with Gasteiger partial charge in [-0.2, -0.15) is 0 Å². The fourth-order valence-corrected chi connectivity index (χ4v) is 6.95. The number of likely N-dealkylation sites (tertiary alicyclic amines) is 2. The molecular formula is C27H43N5. The Balaban J connectivity index is 1.19. The largest absolute Gasteiger partial charge is 0.371 e. The molecule has 2 bridgehead atoms. The van der Waals surface area contributed by atoms with Gasteiger partial charge in [0.15, 0.2) is 0 Å². The lowest BCUT2D eigenvalue weighted by Crippen LogP contribution is -2.53. The van der Waals surface area contributed by atoms with Gasteiger partial charge < -0.3 is 14.7 Å². The number of piperazine rings is 1. The molecule has 1 aromatic heterocycles. The van der Waals surface area contributed by atoms with E-state index in [0.717, 1.165) is 36.8 Å². The summed E-state index contributed by atoms with van der Waals surface area (Å²) in [5, 5.41) is 0. The third-order valence-corrected chi connectivity index (χ3v) is 9.04. The van der Waals surface area contributed by atoms with Crippen LogP contribution < -0.4 is 4.90 Å². The summed E-state index contributed by atoms with van der Waals surface area (Å²) < 4.78 is 0. The molecule has 0 spiro atoms. The van der Waals surface area contributed by atoms with Crippen LogP contribution in [-0.4, -0.2) is 64.1 Å². The van der Waals surface area contributed by atoms with Gasteiger partial charge in [0.05, 0.1) is 0 Å². The molecule has 1 aliphatic carbocycles. The second kappa shape index (κ2) is 9.32. The number of hydrogen-bond acceptors (Lipinski definition) is 5. The Bertz CT molecular complexity index is 777. The van der Waals surface area contributed by atoms with Crippen molar-refractivity contribution in [3.63, 3.8) is 0 Å². The molecule has 4 aliphatic rings. The van der Waals surface area contributed by atoms with Crippen LogP contribution in [0.3, 0.4) is 0 Å². The number of aromatic nitrogens is 2. The van der Waals surface area contributed by atoms with Crippen molar-refractivity contribution in [3.8, 4) is 0 Å². The quantitative estimate of drug-likeness (QED) is 0.644. The molecule has 5 nitrogen and oxygen atoms in total. The molecule has 2 atom stereocenters. The zero-order valence-electron chi connectivity index (χ0n) is 20.5.